The predicted octanol–water partition coefficient (Wildman–Crippen LogP) is 3.98. The van der Waals surface area contributed by atoms with Crippen LogP contribution in [-0.4, -0.2) is 10.9 Å². The minimum absolute atomic E-state index is 0.244. The lowest BCUT2D eigenvalue weighted by Gasteiger charge is -2.18. The van der Waals surface area contributed by atoms with Gasteiger partial charge in [-0.15, -0.1) is 23.1 Å². The maximum Gasteiger partial charge on any atom is 0.0961 e. The number of thioether (sulfide) groups is 1. The van der Waals surface area contributed by atoms with Gasteiger partial charge in [-0.05, 0) is 35.6 Å². The van der Waals surface area contributed by atoms with Gasteiger partial charge in [0.05, 0.1) is 6.10 Å². The van der Waals surface area contributed by atoms with Gasteiger partial charge in [0.1, 0.15) is 0 Å². The molecule has 1 nitrogen and oxygen atoms in total. The molecule has 0 radical (unpaired) electrons. The molecule has 0 bridgehead atoms. The van der Waals surface area contributed by atoms with Crippen molar-refractivity contribution in [3.05, 3.63) is 51.7 Å². The van der Waals surface area contributed by atoms with Crippen molar-refractivity contribution in [3.8, 4) is 0 Å². The number of thiophene rings is 1. The molecule has 2 unspecified atom stereocenters. The highest BCUT2D eigenvalue weighted by atomic mass is 32.2. The van der Waals surface area contributed by atoms with Crippen molar-refractivity contribution in [2.75, 3.05) is 5.75 Å². The lowest BCUT2D eigenvalue weighted by molar-refractivity contribution is 0.157. The molecule has 0 saturated carbocycles. The second-order valence-corrected chi connectivity index (χ2v) is 6.38. The molecular weight excluding hydrogens is 248 g/mol. The van der Waals surface area contributed by atoms with E-state index >= 15 is 0 Å². The lowest BCUT2D eigenvalue weighted by atomic mass is 9.93. The van der Waals surface area contributed by atoms with Crippen molar-refractivity contribution >= 4 is 23.1 Å². The molecular formula is C14H14OS2. The zero-order valence-corrected chi connectivity index (χ0v) is 11.2. The third-order valence-corrected chi connectivity index (χ3v) is 5.59. The Kier molecular flexibility index (Phi) is 2.99. The molecule has 17 heavy (non-hydrogen) atoms. The van der Waals surface area contributed by atoms with Gasteiger partial charge in [-0.25, -0.2) is 0 Å². The van der Waals surface area contributed by atoms with Crippen LogP contribution >= 0.6 is 23.1 Å². The molecule has 0 amide bonds. The van der Waals surface area contributed by atoms with Crippen LogP contribution in [0.1, 0.15) is 28.0 Å². The molecule has 1 N–H and O–H groups in total. The highest BCUT2D eigenvalue weighted by Crippen LogP contribution is 2.46. The Balaban J connectivity index is 1.95. The van der Waals surface area contributed by atoms with Crippen molar-refractivity contribution < 1.29 is 5.11 Å². The first kappa shape index (κ1) is 11.3. The van der Waals surface area contributed by atoms with Crippen molar-refractivity contribution in [1.82, 2.24) is 0 Å². The molecule has 1 aliphatic heterocycles. The van der Waals surface area contributed by atoms with Crippen LogP contribution in [0.25, 0.3) is 0 Å². The van der Waals surface area contributed by atoms with E-state index in [1.54, 1.807) is 11.3 Å². The van der Waals surface area contributed by atoms with E-state index in [1.807, 2.05) is 11.8 Å². The highest BCUT2D eigenvalue weighted by Gasteiger charge is 2.31. The van der Waals surface area contributed by atoms with Gasteiger partial charge in [0.15, 0.2) is 0 Å². The summed E-state index contributed by atoms with van der Waals surface area (Å²) in [4.78, 5) is 2.44. The van der Waals surface area contributed by atoms with E-state index in [1.165, 1.54) is 16.0 Å². The standard InChI is InChI=1S/C14H14OS2/c1-9-6-7-16-14(9)13(15)11-8-17-12-5-3-2-4-10(11)12/h2-7,11,13,15H,8H2,1H3. The Hall–Kier alpha value is -0.770. The van der Waals surface area contributed by atoms with Crippen LogP contribution in [0.4, 0.5) is 0 Å². The smallest absolute Gasteiger partial charge is 0.0961 e. The molecule has 2 aromatic rings. The summed E-state index contributed by atoms with van der Waals surface area (Å²) >= 11 is 3.51. The largest absolute Gasteiger partial charge is 0.387 e. The van der Waals surface area contributed by atoms with E-state index in [0.717, 1.165) is 10.6 Å². The third kappa shape index (κ3) is 1.92. The topological polar surface area (TPSA) is 20.2 Å². The molecule has 88 valence electrons. The fraction of sp³-hybridized carbons (Fsp3) is 0.286. The molecule has 0 saturated heterocycles. The number of aliphatic hydroxyl groups is 1. The van der Waals surface area contributed by atoms with Gasteiger partial charge in [-0.3, -0.25) is 0 Å². The van der Waals surface area contributed by atoms with Crippen LogP contribution < -0.4 is 0 Å². The minimum Gasteiger partial charge on any atom is -0.387 e. The van der Waals surface area contributed by atoms with E-state index in [9.17, 15) is 5.11 Å². The molecule has 3 rings (SSSR count). The Labute approximate surface area is 110 Å². The predicted molar refractivity (Wildman–Crippen MR) is 73.9 cm³/mol. The van der Waals surface area contributed by atoms with Gasteiger partial charge in [0.2, 0.25) is 0 Å². The molecule has 3 heteroatoms. The molecule has 1 aliphatic rings. The Morgan fingerprint density at radius 3 is 2.88 bits per heavy atom. The Morgan fingerprint density at radius 2 is 2.12 bits per heavy atom. The van der Waals surface area contributed by atoms with Crippen LogP contribution in [-0.2, 0) is 0 Å². The first-order valence-corrected chi connectivity index (χ1v) is 7.57. The van der Waals surface area contributed by atoms with Gasteiger partial charge in [-0.2, -0.15) is 0 Å². The van der Waals surface area contributed by atoms with Crippen LogP contribution in [0, 0.1) is 6.92 Å². The number of fused-ring (bicyclic) bond motifs is 1. The number of aryl methyl sites for hydroxylation is 1. The van der Waals surface area contributed by atoms with E-state index < -0.39 is 0 Å². The zero-order chi connectivity index (χ0) is 11.8. The number of hydrogen-bond donors (Lipinski definition) is 1. The number of hydrogen-bond acceptors (Lipinski definition) is 3. The molecule has 0 spiro atoms. The molecule has 2 atom stereocenters. The summed E-state index contributed by atoms with van der Waals surface area (Å²) in [7, 11) is 0. The van der Waals surface area contributed by atoms with E-state index in [0.29, 0.717) is 0 Å². The summed E-state index contributed by atoms with van der Waals surface area (Å²) in [6.07, 6.45) is -0.355. The van der Waals surface area contributed by atoms with Gasteiger partial charge < -0.3 is 5.11 Å². The number of benzene rings is 1. The summed E-state index contributed by atoms with van der Waals surface area (Å²) in [6.45, 7) is 2.07. The molecule has 0 fully saturated rings. The Morgan fingerprint density at radius 1 is 1.29 bits per heavy atom. The molecule has 2 heterocycles. The zero-order valence-electron chi connectivity index (χ0n) is 9.59. The SMILES string of the molecule is Cc1ccsc1C(O)C1CSc2ccccc21. The summed E-state index contributed by atoms with van der Waals surface area (Å²) in [5, 5.41) is 12.6. The second kappa shape index (κ2) is 4.48. The summed E-state index contributed by atoms with van der Waals surface area (Å²) in [5.74, 6) is 1.23. The number of aliphatic hydroxyl groups excluding tert-OH is 1. The van der Waals surface area contributed by atoms with Crippen LogP contribution in [0.2, 0.25) is 0 Å². The molecule has 1 aromatic carbocycles. The average Bonchev–Trinajstić information content (AvgIpc) is 2.94. The maximum absolute atomic E-state index is 10.5. The normalized spacial score (nSPS) is 20.2. The minimum atomic E-state index is -0.355. The quantitative estimate of drug-likeness (QED) is 0.883. The van der Waals surface area contributed by atoms with E-state index in [-0.39, 0.29) is 12.0 Å². The third-order valence-electron chi connectivity index (χ3n) is 3.29. The first-order valence-electron chi connectivity index (χ1n) is 5.71. The Bertz CT molecular complexity index is 533. The molecule has 0 aliphatic carbocycles. The first-order chi connectivity index (χ1) is 8.27. The second-order valence-electron chi connectivity index (χ2n) is 4.37. The van der Waals surface area contributed by atoms with Crippen molar-refractivity contribution in [3.63, 3.8) is 0 Å². The van der Waals surface area contributed by atoms with Crippen LogP contribution in [0.5, 0.6) is 0 Å². The van der Waals surface area contributed by atoms with Gasteiger partial charge >= 0.3 is 0 Å². The van der Waals surface area contributed by atoms with Crippen LogP contribution in [0.3, 0.4) is 0 Å². The fourth-order valence-corrected chi connectivity index (χ4v) is 4.58. The van der Waals surface area contributed by atoms with E-state index in [2.05, 4.69) is 42.6 Å². The summed E-state index contributed by atoms with van der Waals surface area (Å²) in [5.41, 5.74) is 2.51. The lowest BCUT2D eigenvalue weighted by Crippen LogP contribution is -2.09. The monoisotopic (exact) mass is 262 g/mol. The fourth-order valence-electron chi connectivity index (χ4n) is 2.32. The highest BCUT2D eigenvalue weighted by molar-refractivity contribution is 7.99. The van der Waals surface area contributed by atoms with Gasteiger partial charge in [-0.1, -0.05) is 18.2 Å². The van der Waals surface area contributed by atoms with E-state index in [4.69, 9.17) is 0 Å². The van der Waals surface area contributed by atoms with Gasteiger partial charge in [0, 0.05) is 21.4 Å². The summed E-state index contributed by atoms with van der Waals surface area (Å²) in [6, 6.07) is 10.5. The average molecular weight is 262 g/mol. The van der Waals surface area contributed by atoms with Crippen molar-refractivity contribution in [2.24, 2.45) is 0 Å². The van der Waals surface area contributed by atoms with Crippen LogP contribution in [0.15, 0.2) is 40.6 Å². The number of rotatable bonds is 2. The molecule has 1 aromatic heterocycles. The van der Waals surface area contributed by atoms with Gasteiger partial charge in [0.25, 0.3) is 0 Å². The summed E-state index contributed by atoms with van der Waals surface area (Å²) < 4.78 is 0. The van der Waals surface area contributed by atoms with Crippen molar-refractivity contribution in [1.29, 1.82) is 0 Å². The maximum atomic E-state index is 10.5. The van der Waals surface area contributed by atoms with Crippen molar-refractivity contribution in [2.45, 2.75) is 23.8 Å².